The lowest BCUT2D eigenvalue weighted by Crippen LogP contribution is -2.13. The Bertz CT molecular complexity index is 1000. The molecule has 0 spiro atoms. The first kappa shape index (κ1) is 16.3. The molecule has 25 heavy (non-hydrogen) atoms. The van der Waals surface area contributed by atoms with E-state index in [1.54, 1.807) is 32.4 Å². The molecule has 3 rings (SSSR count). The van der Waals surface area contributed by atoms with Gasteiger partial charge in [-0.3, -0.25) is 4.79 Å². The highest BCUT2D eigenvalue weighted by Gasteiger charge is 2.15. The maximum atomic E-state index is 12.4. The average molecular weight is 332 g/mol. The molecule has 2 aromatic carbocycles. The lowest BCUT2D eigenvalue weighted by molar-refractivity contribution is 0.395. The molecule has 3 aromatic rings. The largest absolute Gasteiger partial charge is 0.497 e. The fourth-order valence-corrected chi connectivity index (χ4v) is 2.68. The van der Waals surface area contributed by atoms with Crippen molar-refractivity contribution in [3.05, 3.63) is 70.5 Å². The summed E-state index contributed by atoms with van der Waals surface area (Å²) in [5, 5.41) is 9.38. The third-order valence-electron chi connectivity index (χ3n) is 3.93. The quantitative estimate of drug-likeness (QED) is 0.792. The minimum absolute atomic E-state index is 0.0856. The Balaban J connectivity index is 2.25. The summed E-state index contributed by atoms with van der Waals surface area (Å²) >= 11 is 0. The van der Waals surface area contributed by atoms with Crippen LogP contribution in [0.4, 0.5) is 0 Å². The van der Waals surface area contributed by atoms with Gasteiger partial charge in [0.15, 0.2) is 0 Å². The van der Waals surface area contributed by atoms with Crippen molar-refractivity contribution in [3.8, 4) is 40.0 Å². The Morgan fingerprint density at radius 2 is 1.72 bits per heavy atom. The van der Waals surface area contributed by atoms with Crippen LogP contribution in [-0.4, -0.2) is 19.2 Å². The summed E-state index contributed by atoms with van der Waals surface area (Å²) in [4.78, 5) is 15.2. The molecule has 0 amide bonds. The molecule has 0 aliphatic carbocycles. The molecule has 124 valence electrons. The molecule has 0 bridgehead atoms. The van der Waals surface area contributed by atoms with E-state index in [-0.39, 0.29) is 5.56 Å². The number of nitrogens with one attached hydrogen (secondary N) is 1. The zero-order chi connectivity index (χ0) is 17.8. The number of pyridine rings is 1. The highest BCUT2D eigenvalue weighted by molar-refractivity contribution is 5.77. The van der Waals surface area contributed by atoms with E-state index in [0.717, 1.165) is 5.56 Å². The van der Waals surface area contributed by atoms with Gasteiger partial charge in [-0.15, -0.1) is 0 Å². The highest BCUT2D eigenvalue weighted by atomic mass is 16.5. The molecule has 0 unspecified atom stereocenters. The second-order valence-electron chi connectivity index (χ2n) is 5.34. The van der Waals surface area contributed by atoms with Crippen LogP contribution in [0.3, 0.4) is 0 Å². The molecule has 0 saturated heterocycles. The van der Waals surface area contributed by atoms with E-state index in [2.05, 4.69) is 4.98 Å². The van der Waals surface area contributed by atoms with Crippen LogP contribution in [0.25, 0.3) is 22.4 Å². The third kappa shape index (κ3) is 3.10. The molecule has 1 N–H and O–H groups in total. The zero-order valence-electron chi connectivity index (χ0n) is 13.9. The van der Waals surface area contributed by atoms with Gasteiger partial charge in [0.1, 0.15) is 23.1 Å². The van der Waals surface area contributed by atoms with Crippen molar-refractivity contribution in [2.45, 2.75) is 0 Å². The summed E-state index contributed by atoms with van der Waals surface area (Å²) in [5.74, 6) is 1.22. The zero-order valence-corrected chi connectivity index (χ0v) is 13.9. The predicted molar refractivity (Wildman–Crippen MR) is 95.8 cm³/mol. The molecule has 0 aliphatic rings. The van der Waals surface area contributed by atoms with Gasteiger partial charge in [0.2, 0.25) is 0 Å². The van der Waals surface area contributed by atoms with E-state index in [1.807, 2.05) is 42.5 Å². The van der Waals surface area contributed by atoms with Gasteiger partial charge in [-0.2, -0.15) is 5.26 Å². The molecule has 1 heterocycles. The van der Waals surface area contributed by atoms with Crippen molar-refractivity contribution in [2.24, 2.45) is 0 Å². The molecule has 1 aromatic heterocycles. The molecular formula is C20H16N2O3. The second kappa shape index (κ2) is 6.93. The summed E-state index contributed by atoms with van der Waals surface area (Å²) < 4.78 is 10.6. The highest BCUT2D eigenvalue weighted by Crippen LogP contribution is 2.34. The van der Waals surface area contributed by atoms with Crippen LogP contribution >= 0.6 is 0 Å². The van der Waals surface area contributed by atoms with Gasteiger partial charge in [0.05, 0.1) is 19.9 Å². The van der Waals surface area contributed by atoms with E-state index in [4.69, 9.17) is 9.47 Å². The standard InChI is InChI=1S/C20H16N2O3/c1-24-14-8-9-15(19(10-14)25-2)18-11-16(13-6-4-3-5-7-13)17(12-21)20(23)22-18/h3-11H,1-2H3,(H,22,23). The number of ether oxygens (including phenoxy) is 2. The van der Waals surface area contributed by atoms with E-state index in [1.165, 1.54) is 0 Å². The maximum Gasteiger partial charge on any atom is 0.266 e. The first-order valence-corrected chi connectivity index (χ1v) is 7.63. The number of aromatic amines is 1. The van der Waals surface area contributed by atoms with Gasteiger partial charge in [0.25, 0.3) is 5.56 Å². The van der Waals surface area contributed by atoms with Crippen LogP contribution in [0.15, 0.2) is 59.4 Å². The topological polar surface area (TPSA) is 75.1 Å². The van der Waals surface area contributed by atoms with Crippen LogP contribution in [0.5, 0.6) is 11.5 Å². The first-order chi connectivity index (χ1) is 12.2. The normalized spacial score (nSPS) is 10.1. The second-order valence-corrected chi connectivity index (χ2v) is 5.34. The van der Waals surface area contributed by atoms with Crippen LogP contribution < -0.4 is 15.0 Å². The molecular weight excluding hydrogens is 316 g/mol. The lowest BCUT2D eigenvalue weighted by Gasteiger charge is -2.12. The number of nitrogens with zero attached hydrogens (tertiary/aromatic N) is 1. The van der Waals surface area contributed by atoms with Crippen LogP contribution in [0.2, 0.25) is 0 Å². The van der Waals surface area contributed by atoms with E-state index in [9.17, 15) is 10.1 Å². The number of hydrogen-bond acceptors (Lipinski definition) is 4. The maximum absolute atomic E-state index is 12.4. The number of methoxy groups -OCH3 is 2. The van der Waals surface area contributed by atoms with Crippen molar-refractivity contribution >= 4 is 0 Å². The van der Waals surface area contributed by atoms with Crippen molar-refractivity contribution < 1.29 is 9.47 Å². The fourth-order valence-electron chi connectivity index (χ4n) is 2.68. The summed E-state index contributed by atoms with van der Waals surface area (Å²) in [7, 11) is 3.13. The average Bonchev–Trinajstić information content (AvgIpc) is 2.67. The number of nitriles is 1. The van der Waals surface area contributed by atoms with Gasteiger partial charge in [0, 0.05) is 17.2 Å². The molecule has 0 fully saturated rings. The van der Waals surface area contributed by atoms with Crippen LogP contribution in [0.1, 0.15) is 5.56 Å². The van der Waals surface area contributed by atoms with Crippen molar-refractivity contribution in [1.82, 2.24) is 4.98 Å². The molecule has 0 aliphatic heterocycles. The van der Waals surface area contributed by atoms with Gasteiger partial charge in [-0.05, 0) is 23.8 Å². The Kier molecular flexibility index (Phi) is 4.53. The Morgan fingerprint density at radius 1 is 0.960 bits per heavy atom. The molecule has 0 atom stereocenters. The summed E-state index contributed by atoms with van der Waals surface area (Å²) in [6.45, 7) is 0. The van der Waals surface area contributed by atoms with E-state index in [0.29, 0.717) is 28.3 Å². The van der Waals surface area contributed by atoms with Gasteiger partial charge < -0.3 is 14.5 Å². The number of benzene rings is 2. The van der Waals surface area contributed by atoms with E-state index >= 15 is 0 Å². The third-order valence-corrected chi connectivity index (χ3v) is 3.93. The van der Waals surface area contributed by atoms with Gasteiger partial charge in [-0.1, -0.05) is 30.3 Å². The minimum Gasteiger partial charge on any atom is -0.497 e. The van der Waals surface area contributed by atoms with Crippen LogP contribution in [0, 0.1) is 11.3 Å². The Hall–Kier alpha value is -3.52. The van der Waals surface area contributed by atoms with Gasteiger partial charge >= 0.3 is 0 Å². The van der Waals surface area contributed by atoms with Gasteiger partial charge in [-0.25, -0.2) is 0 Å². The SMILES string of the molecule is COc1ccc(-c2cc(-c3ccccc3)c(C#N)c(=O)[nH]2)c(OC)c1. The smallest absolute Gasteiger partial charge is 0.266 e. The summed E-state index contributed by atoms with van der Waals surface area (Å²) in [6.07, 6.45) is 0. The Morgan fingerprint density at radius 3 is 2.36 bits per heavy atom. The number of hydrogen-bond donors (Lipinski definition) is 1. The first-order valence-electron chi connectivity index (χ1n) is 7.63. The fraction of sp³-hybridized carbons (Fsp3) is 0.100. The number of rotatable bonds is 4. The predicted octanol–water partition coefficient (Wildman–Crippen LogP) is 3.60. The lowest BCUT2D eigenvalue weighted by atomic mass is 9.99. The summed E-state index contributed by atoms with van der Waals surface area (Å²) in [6, 6.07) is 18.5. The monoisotopic (exact) mass is 332 g/mol. The molecule has 5 nitrogen and oxygen atoms in total. The summed E-state index contributed by atoms with van der Waals surface area (Å²) in [5.41, 5.74) is 2.32. The van der Waals surface area contributed by atoms with Crippen molar-refractivity contribution in [3.63, 3.8) is 0 Å². The van der Waals surface area contributed by atoms with Crippen molar-refractivity contribution in [1.29, 1.82) is 5.26 Å². The minimum atomic E-state index is -0.434. The van der Waals surface area contributed by atoms with Crippen molar-refractivity contribution in [2.75, 3.05) is 14.2 Å². The molecule has 5 heteroatoms. The van der Waals surface area contributed by atoms with Crippen LogP contribution in [-0.2, 0) is 0 Å². The number of H-pyrrole nitrogens is 1. The molecule has 0 radical (unpaired) electrons. The number of aromatic nitrogens is 1. The Labute approximate surface area is 145 Å². The molecule has 0 saturated carbocycles. The van der Waals surface area contributed by atoms with E-state index < -0.39 is 5.56 Å².